The molecule has 1 aliphatic heterocycles. The molecule has 2 heterocycles. The van der Waals surface area contributed by atoms with Gasteiger partial charge in [0.25, 0.3) is 0 Å². The quantitative estimate of drug-likeness (QED) is 0.286. The molecule has 5 rings (SSSR count). The predicted octanol–water partition coefficient (Wildman–Crippen LogP) is 5.65. The molecule has 31 heavy (non-hydrogen) atoms. The van der Waals surface area contributed by atoms with Crippen molar-refractivity contribution in [3.63, 3.8) is 0 Å². The molecule has 0 atom stereocenters. The average Bonchev–Trinajstić information content (AvgIpc) is 3.40. The number of cyclic esters (lactones) is 1. The molecule has 0 fully saturated rings. The highest BCUT2D eigenvalue weighted by molar-refractivity contribution is 9.10. The zero-order valence-corrected chi connectivity index (χ0v) is 17.9. The number of rotatable bonds is 4. The van der Waals surface area contributed by atoms with Gasteiger partial charge in [0.05, 0.1) is 5.69 Å². The van der Waals surface area contributed by atoms with Crippen molar-refractivity contribution in [2.24, 2.45) is 4.99 Å². The molecule has 3 aromatic carbocycles. The van der Waals surface area contributed by atoms with Crippen molar-refractivity contribution >= 4 is 33.9 Å². The summed E-state index contributed by atoms with van der Waals surface area (Å²) in [7, 11) is 0. The van der Waals surface area contributed by atoms with Gasteiger partial charge in [-0.1, -0.05) is 64.5 Å². The molecular formula is C25H16BrN3O2. The second-order valence-electron chi connectivity index (χ2n) is 6.92. The lowest BCUT2D eigenvalue weighted by molar-refractivity contribution is -0.129. The minimum Gasteiger partial charge on any atom is -0.402 e. The molecule has 4 aromatic rings. The van der Waals surface area contributed by atoms with E-state index in [4.69, 9.17) is 9.84 Å². The third-order valence-electron chi connectivity index (χ3n) is 4.81. The summed E-state index contributed by atoms with van der Waals surface area (Å²) in [6.45, 7) is 0. The van der Waals surface area contributed by atoms with Gasteiger partial charge in [0.1, 0.15) is 5.69 Å². The maximum Gasteiger partial charge on any atom is 0.363 e. The van der Waals surface area contributed by atoms with Crippen LogP contribution in [0.15, 0.2) is 106 Å². The molecule has 0 bridgehead atoms. The van der Waals surface area contributed by atoms with Crippen LogP contribution in [0.3, 0.4) is 0 Å². The van der Waals surface area contributed by atoms with E-state index < -0.39 is 5.97 Å². The first kappa shape index (κ1) is 19.2. The van der Waals surface area contributed by atoms with Crippen LogP contribution in [0.4, 0.5) is 0 Å². The first-order chi connectivity index (χ1) is 15.2. The van der Waals surface area contributed by atoms with Crippen LogP contribution in [-0.2, 0) is 9.53 Å². The number of aliphatic imine (C=N–C) groups is 1. The summed E-state index contributed by atoms with van der Waals surface area (Å²) in [5.74, 6) is -0.175. The molecule has 0 N–H and O–H groups in total. The SMILES string of the molecule is O=C1OC(c2ccccc2)=NC1=Cc1cn(-c2ccccc2)nc1-c1ccc(Br)cc1. The molecular weight excluding hydrogens is 454 g/mol. The highest BCUT2D eigenvalue weighted by Crippen LogP contribution is 2.28. The van der Waals surface area contributed by atoms with Gasteiger partial charge < -0.3 is 4.74 Å². The van der Waals surface area contributed by atoms with Gasteiger partial charge in [-0.25, -0.2) is 14.5 Å². The molecule has 0 unspecified atom stereocenters. The second kappa shape index (κ2) is 8.16. The lowest BCUT2D eigenvalue weighted by Crippen LogP contribution is -2.04. The number of para-hydroxylation sites is 1. The Bertz CT molecular complexity index is 1310. The van der Waals surface area contributed by atoms with Crippen molar-refractivity contribution < 1.29 is 9.53 Å². The number of hydrogen-bond acceptors (Lipinski definition) is 4. The van der Waals surface area contributed by atoms with Gasteiger partial charge in [0.15, 0.2) is 5.70 Å². The molecule has 0 aliphatic carbocycles. The zero-order chi connectivity index (χ0) is 21.2. The van der Waals surface area contributed by atoms with Crippen LogP contribution >= 0.6 is 15.9 Å². The Labute approximate surface area is 187 Å². The average molecular weight is 470 g/mol. The highest BCUT2D eigenvalue weighted by atomic mass is 79.9. The van der Waals surface area contributed by atoms with E-state index in [0.717, 1.165) is 32.5 Å². The van der Waals surface area contributed by atoms with E-state index in [1.54, 1.807) is 10.8 Å². The third-order valence-corrected chi connectivity index (χ3v) is 5.34. The summed E-state index contributed by atoms with van der Waals surface area (Å²) >= 11 is 3.47. The summed E-state index contributed by atoms with van der Waals surface area (Å²) in [5, 5.41) is 4.78. The van der Waals surface area contributed by atoms with Crippen LogP contribution in [0, 0.1) is 0 Å². The monoisotopic (exact) mass is 469 g/mol. The van der Waals surface area contributed by atoms with Crippen molar-refractivity contribution in [1.82, 2.24) is 9.78 Å². The first-order valence-corrected chi connectivity index (χ1v) is 10.5. The summed E-state index contributed by atoms with van der Waals surface area (Å²) in [4.78, 5) is 16.9. The Hall–Kier alpha value is -3.77. The fourth-order valence-electron chi connectivity index (χ4n) is 3.30. The maximum absolute atomic E-state index is 12.5. The normalized spacial score (nSPS) is 14.5. The minimum absolute atomic E-state index is 0.241. The molecule has 0 saturated carbocycles. The molecule has 0 radical (unpaired) electrons. The van der Waals surface area contributed by atoms with Crippen molar-refractivity contribution in [2.45, 2.75) is 0 Å². The smallest absolute Gasteiger partial charge is 0.363 e. The molecule has 0 spiro atoms. The van der Waals surface area contributed by atoms with Crippen molar-refractivity contribution in [1.29, 1.82) is 0 Å². The van der Waals surface area contributed by atoms with E-state index >= 15 is 0 Å². The Morgan fingerprint density at radius 3 is 2.23 bits per heavy atom. The Kier molecular flexibility index (Phi) is 5.06. The number of carbonyl (C=O) groups is 1. The van der Waals surface area contributed by atoms with Crippen LogP contribution in [0.25, 0.3) is 23.0 Å². The number of hydrogen-bond donors (Lipinski definition) is 0. The van der Waals surface area contributed by atoms with Crippen molar-refractivity contribution in [3.8, 4) is 16.9 Å². The summed E-state index contributed by atoms with van der Waals surface area (Å²) in [6, 6.07) is 27.1. The molecule has 0 amide bonds. The zero-order valence-electron chi connectivity index (χ0n) is 16.3. The number of benzene rings is 3. The van der Waals surface area contributed by atoms with E-state index in [9.17, 15) is 4.79 Å². The maximum atomic E-state index is 12.5. The van der Waals surface area contributed by atoms with E-state index in [1.165, 1.54) is 0 Å². The molecule has 1 aromatic heterocycles. The largest absolute Gasteiger partial charge is 0.402 e. The van der Waals surface area contributed by atoms with Crippen LogP contribution in [0.2, 0.25) is 0 Å². The fraction of sp³-hybridized carbons (Fsp3) is 0. The fourth-order valence-corrected chi connectivity index (χ4v) is 3.56. The summed E-state index contributed by atoms with van der Waals surface area (Å²) in [6.07, 6.45) is 3.62. The van der Waals surface area contributed by atoms with Gasteiger partial charge in [0, 0.05) is 27.4 Å². The number of esters is 1. The van der Waals surface area contributed by atoms with E-state index in [-0.39, 0.29) is 5.70 Å². The second-order valence-corrected chi connectivity index (χ2v) is 7.84. The Morgan fingerprint density at radius 1 is 0.839 bits per heavy atom. The van der Waals surface area contributed by atoms with Gasteiger partial charge in [-0.15, -0.1) is 0 Å². The number of nitrogens with zero attached hydrogens (tertiary/aromatic N) is 3. The van der Waals surface area contributed by atoms with Crippen LogP contribution in [0.5, 0.6) is 0 Å². The van der Waals surface area contributed by atoms with E-state index in [2.05, 4.69) is 20.9 Å². The van der Waals surface area contributed by atoms with Crippen LogP contribution in [0.1, 0.15) is 11.1 Å². The van der Waals surface area contributed by atoms with Gasteiger partial charge >= 0.3 is 5.97 Å². The molecule has 1 aliphatic rings. The Morgan fingerprint density at radius 2 is 1.52 bits per heavy atom. The number of aromatic nitrogens is 2. The van der Waals surface area contributed by atoms with Gasteiger partial charge in [0.2, 0.25) is 5.90 Å². The first-order valence-electron chi connectivity index (χ1n) is 9.66. The van der Waals surface area contributed by atoms with Crippen molar-refractivity contribution in [2.75, 3.05) is 0 Å². The lowest BCUT2D eigenvalue weighted by atomic mass is 10.1. The molecule has 5 nitrogen and oxygen atoms in total. The minimum atomic E-state index is -0.479. The van der Waals surface area contributed by atoms with Gasteiger partial charge in [-0.05, 0) is 42.5 Å². The lowest BCUT2D eigenvalue weighted by Gasteiger charge is -2.01. The standard InChI is InChI=1S/C25H16BrN3O2/c26-20-13-11-17(12-14-20)23-19(16-29(28-23)21-9-5-2-6-10-21)15-22-25(30)31-24(27-22)18-7-3-1-4-8-18/h1-16H. The molecule has 6 heteroatoms. The molecule has 0 saturated heterocycles. The molecule has 150 valence electrons. The highest BCUT2D eigenvalue weighted by Gasteiger charge is 2.25. The van der Waals surface area contributed by atoms with Gasteiger partial charge in [-0.3, -0.25) is 0 Å². The van der Waals surface area contributed by atoms with Crippen LogP contribution in [-0.4, -0.2) is 21.6 Å². The van der Waals surface area contributed by atoms with E-state index in [0.29, 0.717) is 5.90 Å². The van der Waals surface area contributed by atoms with Gasteiger partial charge in [-0.2, -0.15) is 5.10 Å². The van der Waals surface area contributed by atoms with Crippen LogP contribution < -0.4 is 0 Å². The predicted molar refractivity (Wildman–Crippen MR) is 124 cm³/mol. The third kappa shape index (κ3) is 3.98. The van der Waals surface area contributed by atoms with E-state index in [1.807, 2.05) is 91.1 Å². The van der Waals surface area contributed by atoms with Crippen molar-refractivity contribution in [3.05, 3.63) is 112 Å². The number of ether oxygens (including phenoxy) is 1. The Balaban J connectivity index is 1.61. The topological polar surface area (TPSA) is 56.5 Å². The number of halogens is 1. The summed E-state index contributed by atoms with van der Waals surface area (Å²) < 4.78 is 8.17. The number of carbonyl (C=O) groups excluding carboxylic acids is 1. The summed E-state index contributed by atoms with van der Waals surface area (Å²) in [5.41, 5.74) is 4.38.